The number of benzene rings is 1. The molecule has 3 nitrogen and oxygen atoms in total. The van der Waals surface area contributed by atoms with Gasteiger partial charge in [0.15, 0.2) is 6.54 Å². The smallest absolute Gasteiger partial charge is 0.362 e. The second-order valence-corrected chi connectivity index (χ2v) is 6.51. The van der Waals surface area contributed by atoms with Crippen LogP contribution in [0.15, 0.2) is 30.3 Å². The molecule has 108 valence electrons. The van der Waals surface area contributed by atoms with Crippen LogP contribution in [0, 0.1) is 11.8 Å². The van der Waals surface area contributed by atoms with Gasteiger partial charge >= 0.3 is 5.97 Å². The van der Waals surface area contributed by atoms with Crippen molar-refractivity contribution < 1.29 is 14.0 Å². The molecule has 0 unspecified atom stereocenters. The lowest BCUT2D eigenvalue weighted by Gasteiger charge is -2.28. The number of esters is 1. The van der Waals surface area contributed by atoms with Crippen molar-refractivity contribution in [2.24, 2.45) is 0 Å². The van der Waals surface area contributed by atoms with Crippen LogP contribution in [-0.2, 0) is 9.53 Å². The first-order chi connectivity index (χ1) is 9.18. The zero-order chi connectivity index (χ0) is 15.2. The van der Waals surface area contributed by atoms with Gasteiger partial charge in [-0.05, 0) is 38.8 Å². The minimum atomic E-state index is -0.438. The Morgan fingerprint density at radius 3 is 2.35 bits per heavy atom. The van der Waals surface area contributed by atoms with Crippen molar-refractivity contribution in [3.63, 3.8) is 0 Å². The summed E-state index contributed by atoms with van der Waals surface area (Å²) >= 11 is 0. The highest BCUT2D eigenvalue weighted by molar-refractivity contribution is 5.71. The van der Waals surface area contributed by atoms with Gasteiger partial charge in [0.2, 0.25) is 0 Å². The van der Waals surface area contributed by atoms with Crippen molar-refractivity contribution >= 4 is 5.97 Å². The lowest BCUT2D eigenvalue weighted by atomic mass is 10.2. The Morgan fingerprint density at radius 1 is 1.20 bits per heavy atom. The molecule has 0 heterocycles. The predicted molar refractivity (Wildman–Crippen MR) is 81.0 cm³/mol. The SMILES string of the molecule is CC(C)(C)OC(=O)C[N+](C)(C)CC#Cc1ccccc1. The van der Waals surface area contributed by atoms with Gasteiger partial charge in [-0.25, -0.2) is 4.79 Å². The van der Waals surface area contributed by atoms with E-state index in [9.17, 15) is 4.79 Å². The van der Waals surface area contributed by atoms with Crippen molar-refractivity contribution in [2.45, 2.75) is 26.4 Å². The van der Waals surface area contributed by atoms with Crippen molar-refractivity contribution in [2.75, 3.05) is 27.2 Å². The van der Waals surface area contributed by atoms with Crippen LogP contribution in [0.2, 0.25) is 0 Å². The van der Waals surface area contributed by atoms with Crippen molar-refractivity contribution in [3.05, 3.63) is 35.9 Å². The third-order valence-corrected chi connectivity index (χ3v) is 2.49. The number of rotatable bonds is 3. The standard InChI is InChI=1S/C17H24NO2/c1-17(2,3)20-16(19)14-18(4,5)13-9-12-15-10-7-6-8-11-15/h6-8,10-11H,13-14H2,1-5H3/q+1. The van der Waals surface area contributed by atoms with E-state index in [1.54, 1.807) is 0 Å². The summed E-state index contributed by atoms with van der Waals surface area (Å²) in [5.41, 5.74) is 0.553. The maximum Gasteiger partial charge on any atom is 0.362 e. The van der Waals surface area contributed by atoms with Crippen LogP contribution in [0.25, 0.3) is 0 Å². The molecule has 1 aromatic carbocycles. The van der Waals surface area contributed by atoms with Gasteiger partial charge in [0, 0.05) is 5.56 Å². The van der Waals surface area contributed by atoms with E-state index in [4.69, 9.17) is 4.74 Å². The molecule has 0 aromatic heterocycles. The Morgan fingerprint density at radius 2 is 1.80 bits per heavy atom. The predicted octanol–water partition coefficient (Wildman–Crippen LogP) is 2.46. The summed E-state index contributed by atoms with van der Waals surface area (Å²) in [5.74, 6) is 6.04. The molecule has 1 rings (SSSR count). The van der Waals surface area contributed by atoms with E-state index >= 15 is 0 Å². The molecule has 0 spiro atoms. The van der Waals surface area contributed by atoms with Gasteiger partial charge in [-0.15, -0.1) is 0 Å². The summed E-state index contributed by atoms with van der Waals surface area (Å²) in [6.07, 6.45) is 0. The van der Waals surface area contributed by atoms with Gasteiger partial charge in [0.25, 0.3) is 0 Å². The largest absolute Gasteiger partial charge is 0.456 e. The lowest BCUT2D eigenvalue weighted by Crippen LogP contribution is -2.45. The van der Waals surface area contributed by atoms with Gasteiger partial charge in [-0.1, -0.05) is 24.1 Å². The molecule has 0 atom stereocenters. The number of carbonyl (C=O) groups is 1. The molecule has 0 aliphatic rings. The van der Waals surface area contributed by atoms with Crippen molar-refractivity contribution in [1.82, 2.24) is 0 Å². The van der Waals surface area contributed by atoms with Crippen LogP contribution in [0.3, 0.4) is 0 Å². The maximum absolute atomic E-state index is 11.8. The van der Waals surface area contributed by atoms with E-state index in [0.29, 0.717) is 17.6 Å². The summed E-state index contributed by atoms with van der Waals surface area (Å²) < 4.78 is 5.83. The van der Waals surface area contributed by atoms with Gasteiger partial charge < -0.3 is 9.22 Å². The van der Waals surface area contributed by atoms with Crippen LogP contribution in [0.1, 0.15) is 26.3 Å². The molecule has 0 radical (unpaired) electrons. The third-order valence-electron chi connectivity index (χ3n) is 2.49. The van der Waals surface area contributed by atoms with Gasteiger partial charge in [-0.3, -0.25) is 0 Å². The summed E-state index contributed by atoms with van der Waals surface area (Å²) in [5, 5.41) is 0. The number of likely N-dealkylation sites (N-methyl/N-ethyl adjacent to an activating group) is 1. The van der Waals surface area contributed by atoms with Crippen LogP contribution < -0.4 is 0 Å². The molecule has 0 N–H and O–H groups in total. The monoisotopic (exact) mass is 274 g/mol. The van der Waals surface area contributed by atoms with Crippen LogP contribution >= 0.6 is 0 Å². The molecule has 0 amide bonds. The third kappa shape index (κ3) is 6.96. The molecule has 1 aromatic rings. The summed E-state index contributed by atoms with van der Waals surface area (Å²) in [4.78, 5) is 11.8. The molecular formula is C17H24NO2+. The second-order valence-electron chi connectivity index (χ2n) is 6.51. The fraction of sp³-hybridized carbons (Fsp3) is 0.471. The number of hydrogen-bond acceptors (Lipinski definition) is 2. The first-order valence-electron chi connectivity index (χ1n) is 6.76. The molecule has 0 aliphatic carbocycles. The van der Waals surface area contributed by atoms with Crippen LogP contribution in [0.5, 0.6) is 0 Å². The number of carbonyl (C=O) groups excluding carboxylic acids is 1. The Bertz CT molecular complexity index is 501. The van der Waals surface area contributed by atoms with Crippen LogP contribution in [0.4, 0.5) is 0 Å². The highest BCUT2D eigenvalue weighted by Crippen LogP contribution is 2.08. The highest BCUT2D eigenvalue weighted by Gasteiger charge is 2.24. The molecule has 20 heavy (non-hydrogen) atoms. The van der Waals surface area contributed by atoms with E-state index in [0.717, 1.165) is 5.56 Å². The average Bonchev–Trinajstić information content (AvgIpc) is 2.26. The minimum Gasteiger partial charge on any atom is -0.456 e. The molecule has 0 bridgehead atoms. The Hall–Kier alpha value is -1.79. The zero-order valence-electron chi connectivity index (χ0n) is 13.1. The topological polar surface area (TPSA) is 26.3 Å². The Kier molecular flexibility index (Phi) is 5.35. The van der Waals surface area contributed by atoms with E-state index in [2.05, 4.69) is 11.8 Å². The molecule has 0 saturated heterocycles. The normalized spacial score (nSPS) is 11.4. The maximum atomic E-state index is 11.8. The zero-order valence-corrected chi connectivity index (χ0v) is 13.1. The van der Waals surface area contributed by atoms with E-state index in [1.807, 2.05) is 65.2 Å². The summed E-state index contributed by atoms with van der Waals surface area (Å²) in [6.45, 7) is 6.55. The summed E-state index contributed by atoms with van der Waals surface area (Å²) in [7, 11) is 3.95. The lowest BCUT2D eigenvalue weighted by molar-refractivity contribution is -0.875. The Balaban J connectivity index is 2.54. The first-order valence-corrected chi connectivity index (χ1v) is 6.76. The molecule has 0 saturated carbocycles. The average molecular weight is 274 g/mol. The highest BCUT2D eigenvalue weighted by atomic mass is 16.6. The fourth-order valence-corrected chi connectivity index (χ4v) is 1.66. The first kappa shape index (κ1) is 16.3. The Labute approximate surface area is 122 Å². The molecule has 0 fully saturated rings. The van der Waals surface area contributed by atoms with Gasteiger partial charge in [0.1, 0.15) is 12.1 Å². The fourth-order valence-electron chi connectivity index (χ4n) is 1.66. The van der Waals surface area contributed by atoms with Crippen molar-refractivity contribution in [1.29, 1.82) is 0 Å². The van der Waals surface area contributed by atoms with E-state index in [1.165, 1.54) is 0 Å². The number of nitrogens with zero attached hydrogens (tertiary/aromatic N) is 1. The minimum absolute atomic E-state index is 0.191. The number of hydrogen-bond donors (Lipinski definition) is 0. The molecular weight excluding hydrogens is 250 g/mol. The van der Waals surface area contributed by atoms with Gasteiger partial charge in [0.05, 0.1) is 14.1 Å². The van der Waals surface area contributed by atoms with Crippen LogP contribution in [-0.4, -0.2) is 43.2 Å². The van der Waals surface area contributed by atoms with Gasteiger partial charge in [-0.2, -0.15) is 0 Å². The second kappa shape index (κ2) is 6.58. The quantitative estimate of drug-likeness (QED) is 0.481. The molecule has 3 heteroatoms. The molecule has 0 aliphatic heterocycles. The summed E-state index contributed by atoms with van der Waals surface area (Å²) in [6, 6.07) is 9.84. The van der Waals surface area contributed by atoms with Crippen molar-refractivity contribution in [3.8, 4) is 11.8 Å². The van der Waals surface area contributed by atoms with E-state index in [-0.39, 0.29) is 5.97 Å². The number of quaternary nitrogens is 1. The number of ether oxygens (including phenoxy) is 1. The van der Waals surface area contributed by atoms with E-state index < -0.39 is 5.60 Å².